The molecule has 1 atom stereocenters. The quantitative estimate of drug-likeness (QED) is 0.610. The van der Waals surface area contributed by atoms with Gasteiger partial charge in [0.05, 0.1) is 29.4 Å². The molecule has 1 aliphatic rings. The highest BCUT2D eigenvalue weighted by Crippen LogP contribution is 2.31. The van der Waals surface area contributed by atoms with E-state index in [0.29, 0.717) is 27.0 Å². The molecule has 1 unspecified atom stereocenters. The van der Waals surface area contributed by atoms with Crippen molar-refractivity contribution in [1.29, 1.82) is 0 Å². The number of carbonyl (C=O) groups is 1. The summed E-state index contributed by atoms with van der Waals surface area (Å²) in [7, 11) is 0. The number of carboxylic acids is 1. The maximum Gasteiger partial charge on any atom is 0.316 e. The van der Waals surface area contributed by atoms with Crippen LogP contribution in [0.5, 0.6) is 0 Å². The van der Waals surface area contributed by atoms with Crippen LogP contribution in [0.25, 0.3) is 22.4 Å². The molecule has 0 radical (unpaired) electrons. The summed E-state index contributed by atoms with van der Waals surface area (Å²) in [6, 6.07) is 9.89. The fourth-order valence-corrected chi connectivity index (χ4v) is 4.03. The molecule has 3 aromatic rings. The van der Waals surface area contributed by atoms with Crippen molar-refractivity contribution in [3.05, 3.63) is 35.4 Å². The number of aliphatic carboxylic acids is 1. The third-order valence-electron chi connectivity index (χ3n) is 4.56. The Hall–Kier alpha value is -2.29. The molecule has 0 aliphatic carbocycles. The van der Waals surface area contributed by atoms with Gasteiger partial charge in [-0.3, -0.25) is 4.79 Å². The van der Waals surface area contributed by atoms with Crippen LogP contribution in [0.15, 0.2) is 35.5 Å². The van der Waals surface area contributed by atoms with Crippen LogP contribution in [0.3, 0.4) is 0 Å². The molecule has 28 heavy (non-hydrogen) atoms. The van der Waals surface area contributed by atoms with Gasteiger partial charge < -0.3 is 19.7 Å². The van der Waals surface area contributed by atoms with Gasteiger partial charge in [-0.15, -0.1) is 0 Å². The summed E-state index contributed by atoms with van der Waals surface area (Å²) in [5.41, 5.74) is 3.89. The van der Waals surface area contributed by atoms with Crippen LogP contribution in [-0.4, -0.2) is 57.6 Å². The van der Waals surface area contributed by atoms with Crippen LogP contribution in [0.2, 0.25) is 5.02 Å². The number of ether oxygens (including phenoxy) is 1. The van der Waals surface area contributed by atoms with E-state index in [0.717, 1.165) is 49.3 Å². The number of imidazole rings is 1. The Bertz CT molecular complexity index is 1000. The number of aromatic nitrogens is 3. The molecule has 2 N–H and O–H groups in total. The molecular formula is C19H19ClN4O3S. The van der Waals surface area contributed by atoms with E-state index in [1.807, 2.05) is 12.1 Å². The van der Waals surface area contributed by atoms with Crippen LogP contribution in [0.4, 0.5) is 5.69 Å². The molecule has 0 saturated carbocycles. The van der Waals surface area contributed by atoms with Gasteiger partial charge in [0.1, 0.15) is 5.25 Å². The number of nitrogens with zero attached hydrogens (tertiary/aromatic N) is 3. The number of carboxylic acid groups (broad SMARTS) is 1. The second kappa shape index (κ2) is 7.98. The molecule has 0 spiro atoms. The summed E-state index contributed by atoms with van der Waals surface area (Å²) < 4.78 is 5.40. The van der Waals surface area contributed by atoms with E-state index in [1.54, 1.807) is 13.0 Å². The standard InChI is InChI=1S/C19H19ClN4O3S/c1-11(18(25)26)28-19-21-15-10-14(20)16(22-17(15)23-19)12-2-4-13(5-3-12)24-6-8-27-9-7-24/h2-5,10-11H,6-9H2,1H3,(H,25,26)(H,21,22,23). The predicted octanol–water partition coefficient (Wildman–Crippen LogP) is 3.68. The lowest BCUT2D eigenvalue weighted by molar-refractivity contribution is -0.136. The Morgan fingerprint density at radius 1 is 1.29 bits per heavy atom. The van der Waals surface area contributed by atoms with Crippen molar-refractivity contribution in [2.75, 3.05) is 31.2 Å². The summed E-state index contributed by atoms with van der Waals surface area (Å²) in [6.45, 7) is 4.86. The maximum atomic E-state index is 11.0. The fourth-order valence-electron chi connectivity index (χ4n) is 3.02. The van der Waals surface area contributed by atoms with Gasteiger partial charge in [0.2, 0.25) is 0 Å². The van der Waals surface area contributed by atoms with E-state index in [2.05, 4.69) is 32.0 Å². The Kier molecular flexibility index (Phi) is 5.43. The Labute approximate surface area is 171 Å². The second-order valence-electron chi connectivity index (χ2n) is 6.48. The van der Waals surface area contributed by atoms with E-state index in [9.17, 15) is 4.79 Å². The highest BCUT2D eigenvalue weighted by atomic mass is 35.5. The molecule has 7 nitrogen and oxygen atoms in total. The number of H-pyrrole nitrogens is 1. The Morgan fingerprint density at radius 2 is 2.00 bits per heavy atom. The summed E-state index contributed by atoms with van der Waals surface area (Å²) in [6.07, 6.45) is 0. The van der Waals surface area contributed by atoms with Crippen molar-refractivity contribution in [2.24, 2.45) is 0 Å². The molecule has 2 aromatic heterocycles. The third-order valence-corrected chi connectivity index (χ3v) is 5.82. The van der Waals surface area contributed by atoms with Gasteiger partial charge in [0, 0.05) is 24.3 Å². The zero-order valence-electron chi connectivity index (χ0n) is 15.2. The first-order chi connectivity index (χ1) is 13.5. The van der Waals surface area contributed by atoms with Gasteiger partial charge in [-0.05, 0) is 25.1 Å². The Balaban J connectivity index is 1.61. The van der Waals surface area contributed by atoms with Crippen molar-refractivity contribution in [3.63, 3.8) is 0 Å². The van der Waals surface area contributed by atoms with Crippen molar-refractivity contribution < 1.29 is 14.6 Å². The maximum absolute atomic E-state index is 11.0. The molecule has 146 valence electrons. The molecule has 1 saturated heterocycles. The van der Waals surface area contributed by atoms with Crippen LogP contribution in [0.1, 0.15) is 6.92 Å². The van der Waals surface area contributed by atoms with Crippen molar-refractivity contribution in [3.8, 4) is 11.3 Å². The minimum Gasteiger partial charge on any atom is -0.480 e. The van der Waals surface area contributed by atoms with Crippen LogP contribution < -0.4 is 4.90 Å². The van der Waals surface area contributed by atoms with Gasteiger partial charge in [-0.1, -0.05) is 35.5 Å². The SMILES string of the molecule is CC(Sc1nc2nc(-c3ccc(N4CCOCC4)cc3)c(Cl)cc2[nH]1)C(=O)O. The van der Waals surface area contributed by atoms with E-state index in [4.69, 9.17) is 21.4 Å². The first-order valence-corrected chi connectivity index (χ1v) is 10.2. The minimum absolute atomic E-state index is 0.508. The van der Waals surface area contributed by atoms with Gasteiger partial charge in [-0.2, -0.15) is 0 Å². The predicted molar refractivity (Wildman–Crippen MR) is 110 cm³/mol. The third kappa shape index (κ3) is 3.94. The molecular weight excluding hydrogens is 400 g/mol. The first-order valence-electron chi connectivity index (χ1n) is 8.90. The molecule has 0 bridgehead atoms. The number of pyridine rings is 1. The largest absolute Gasteiger partial charge is 0.480 e. The fraction of sp³-hybridized carbons (Fsp3) is 0.316. The van der Waals surface area contributed by atoms with Crippen LogP contribution in [0, 0.1) is 0 Å². The number of morpholine rings is 1. The smallest absolute Gasteiger partial charge is 0.316 e. The average Bonchev–Trinajstić information content (AvgIpc) is 3.09. The van der Waals surface area contributed by atoms with E-state index >= 15 is 0 Å². The molecule has 1 aromatic carbocycles. The van der Waals surface area contributed by atoms with E-state index in [1.165, 1.54) is 0 Å². The lowest BCUT2D eigenvalue weighted by atomic mass is 10.1. The van der Waals surface area contributed by atoms with E-state index in [-0.39, 0.29) is 0 Å². The Morgan fingerprint density at radius 3 is 2.68 bits per heavy atom. The summed E-state index contributed by atoms with van der Waals surface area (Å²) >= 11 is 7.59. The molecule has 4 rings (SSSR count). The summed E-state index contributed by atoms with van der Waals surface area (Å²) in [4.78, 5) is 25.4. The number of thioether (sulfide) groups is 1. The highest BCUT2D eigenvalue weighted by molar-refractivity contribution is 8.00. The minimum atomic E-state index is -0.891. The van der Waals surface area contributed by atoms with Gasteiger partial charge in [0.15, 0.2) is 10.8 Å². The van der Waals surface area contributed by atoms with Gasteiger partial charge >= 0.3 is 5.97 Å². The number of anilines is 1. The van der Waals surface area contributed by atoms with Crippen molar-refractivity contribution in [2.45, 2.75) is 17.3 Å². The molecule has 9 heteroatoms. The van der Waals surface area contributed by atoms with Crippen molar-refractivity contribution in [1.82, 2.24) is 15.0 Å². The number of halogens is 1. The number of nitrogens with one attached hydrogen (secondary N) is 1. The van der Waals surface area contributed by atoms with Gasteiger partial charge in [0.25, 0.3) is 0 Å². The first kappa shape index (κ1) is 19.0. The molecule has 1 fully saturated rings. The van der Waals surface area contributed by atoms with Crippen LogP contribution in [-0.2, 0) is 9.53 Å². The second-order valence-corrected chi connectivity index (χ2v) is 8.21. The number of fused-ring (bicyclic) bond motifs is 1. The summed E-state index contributed by atoms with van der Waals surface area (Å²) in [5.74, 6) is -0.891. The number of benzene rings is 1. The number of aromatic amines is 1. The molecule has 3 heterocycles. The zero-order chi connectivity index (χ0) is 19.7. The number of hydrogen-bond donors (Lipinski definition) is 2. The highest BCUT2D eigenvalue weighted by Gasteiger charge is 2.17. The molecule has 0 amide bonds. The number of rotatable bonds is 5. The zero-order valence-corrected chi connectivity index (χ0v) is 16.8. The topological polar surface area (TPSA) is 91.3 Å². The van der Waals surface area contributed by atoms with Crippen molar-refractivity contribution >= 4 is 46.2 Å². The van der Waals surface area contributed by atoms with E-state index < -0.39 is 11.2 Å². The lowest BCUT2D eigenvalue weighted by Gasteiger charge is -2.28. The monoisotopic (exact) mass is 418 g/mol. The lowest BCUT2D eigenvalue weighted by Crippen LogP contribution is -2.36. The molecule has 1 aliphatic heterocycles. The number of hydrogen-bond acceptors (Lipinski definition) is 6. The van der Waals surface area contributed by atoms with Gasteiger partial charge in [-0.25, -0.2) is 9.97 Å². The average molecular weight is 419 g/mol. The normalized spacial score (nSPS) is 15.7. The summed E-state index contributed by atoms with van der Waals surface area (Å²) in [5, 5.41) is 9.47. The van der Waals surface area contributed by atoms with Crippen LogP contribution >= 0.6 is 23.4 Å².